The van der Waals surface area contributed by atoms with Gasteiger partial charge in [0.25, 0.3) is 5.91 Å². The molecule has 0 bridgehead atoms. The van der Waals surface area contributed by atoms with Crippen LogP contribution in [-0.4, -0.2) is 30.2 Å². The lowest BCUT2D eigenvalue weighted by atomic mass is 10.1. The number of methoxy groups -OCH3 is 1. The molecule has 1 aliphatic rings. The number of benzene rings is 1. The maximum Gasteiger partial charge on any atom is 0.393 e. The second-order valence-corrected chi connectivity index (χ2v) is 5.65. The van der Waals surface area contributed by atoms with Crippen LogP contribution in [0.15, 0.2) is 42.7 Å². The van der Waals surface area contributed by atoms with Gasteiger partial charge in [0.1, 0.15) is 5.75 Å². The van der Waals surface area contributed by atoms with E-state index in [1.54, 1.807) is 31.5 Å². The number of aromatic nitrogens is 1. The zero-order valence-corrected chi connectivity index (χ0v) is 12.8. The van der Waals surface area contributed by atoms with Gasteiger partial charge >= 0.3 is 6.18 Å². The quantitative estimate of drug-likeness (QED) is 0.930. The molecular weight excluding hydrogens is 321 g/mol. The third-order valence-corrected chi connectivity index (χ3v) is 3.95. The molecule has 1 saturated carbocycles. The summed E-state index contributed by atoms with van der Waals surface area (Å²) in [6.45, 7) is 0. The van der Waals surface area contributed by atoms with Crippen LogP contribution < -0.4 is 10.1 Å². The number of nitrogens with one attached hydrogen (secondary N) is 1. The maximum absolute atomic E-state index is 12.5. The molecule has 3 rings (SSSR count). The summed E-state index contributed by atoms with van der Waals surface area (Å²) in [7, 11) is 1.56. The van der Waals surface area contributed by atoms with Gasteiger partial charge in [-0.1, -0.05) is 12.1 Å². The molecule has 1 amide bonds. The highest BCUT2D eigenvalue weighted by Crippen LogP contribution is 2.44. The number of ether oxygens (including phenoxy) is 1. The van der Waals surface area contributed by atoms with Crippen molar-refractivity contribution >= 4 is 5.91 Å². The number of pyridine rings is 1. The molecule has 2 aromatic rings. The Labute approximate surface area is 136 Å². The van der Waals surface area contributed by atoms with Gasteiger partial charge in [-0.3, -0.25) is 9.78 Å². The summed E-state index contributed by atoms with van der Waals surface area (Å²) in [4.78, 5) is 16.1. The van der Waals surface area contributed by atoms with Gasteiger partial charge in [0.15, 0.2) is 0 Å². The van der Waals surface area contributed by atoms with Crippen LogP contribution in [-0.2, 0) is 0 Å². The summed E-state index contributed by atoms with van der Waals surface area (Å²) < 4.78 is 42.6. The first-order valence-electron chi connectivity index (χ1n) is 7.35. The highest BCUT2D eigenvalue weighted by molar-refractivity contribution is 5.95. The largest absolute Gasteiger partial charge is 0.497 e. The number of nitrogens with zero attached hydrogens (tertiary/aromatic N) is 1. The second kappa shape index (κ2) is 6.14. The predicted octanol–water partition coefficient (Wildman–Crippen LogP) is 3.44. The van der Waals surface area contributed by atoms with Crippen LogP contribution in [0.5, 0.6) is 5.75 Å². The molecule has 1 aromatic heterocycles. The normalized spacial score (nSPS) is 19.7. The number of hydrogen-bond acceptors (Lipinski definition) is 3. The van der Waals surface area contributed by atoms with E-state index in [0.29, 0.717) is 11.3 Å². The molecule has 1 aliphatic carbocycles. The van der Waals surface area contributed by atoms with Crippen LogP contribution in [0, 0.1) is 5.92 Å². The van der Waals surface area contributed by atoms with Crippen molar-refractivity contribution < 1.29 is 22.7 Å². The molecule has 126 valence electrons. The molecule has 1 heterocycles. The maximum atomic E-state index is 12.5. The minimum atomic E-state index is -4.26. The minimum Gasteiger partial charge on any atom is -0.497 e. The van der Waals surface area contributed by atoms with E-state index in [0.717, 1.165) is 5.56 Å². The third-order valence-electron chi connectivity index (χ3n) is 3.95. The fraction of sp³-hybridized carbons (Fsp3) is 0.294. The summed E-state index contributed by atoms with van der Waals surface area (Å²) in [5.74, 6) is -1.29. The van der Waals surface area contributed by atoms with Crippen LogP contribution in [0.4, 0.5) is 13.2 Å². The number of alkyl halides is 3. The van der Waals surface area contributed by atoms with Gasteiger partial charge in [-0.05, 0) is 30.2 Å². The van der Waals surface area contributed by atoms with E-state index >= 15 is 0 Å². The van der Waals surface area contributed by atoms with Gasteiger partial charge in [0, 0.05) is 24.0 Å². The molecule has 1 fully saturated rings. The molecule has 0 saturated heterocycles. The van der Waals surface area contributed by atoms with E-state index < -0.39 is 24.0 Å². The van der Waals surface area contributed by atoms with E-state index in [4.69, 9.17) is 4.74 Å². The lowest BCUT2D eigenvalue weighted by Gasteiger charge is -2.08. The van der Waals surface area contributed by atoms with E-state index in [9.17, 15) is 18.0 Å². The first kappa shape index (κ1) is 16.3. The van der Waals surface area contributed by atoms with E-state index in [2.05, 4.69) is 10.3 Å². The Kier molecular flexibility index (Phi) is 4.17. The SMILES string of the molecule is COc1ccc(-c2cncc(C(=O)N[C@@H]3C[C@H]3C(F)(F)F)c2)cc1. The molecule has 0 unspecified atom stereocenters. The van der Waals surface area contributed by atoms with E-state index in [-0.39, 0.29) is 12.0 Å². The van der Waals surface area contributed by atoms with Crippen LogP contribution in [0.1, 0.15) is 16.8 Å². The lowest BCUT2D eigenvalue weighted by Crippen LogP contribution is -2.29. The van der Waals surface area contributed by atoms with Gasteiger partial charge < -0.3 is 10.1 Å². The Bertz CT molecular complexity index is 744. The standard InChI is InChI=1S/C17H15F3N2O2/c1-24-13-4-2-10(3-5-13)11-6-12(9-21-8-11)16(23)22-15-7-14(15)17(18,19)20/h2-6,8-9,14-15H,7H2,1H3,(H,22,23)/t14-,15-/m1/s1. The average Bonchev–Trinajstić information content (AvgIpc) is 3.34. The topological polar surface area (TPSA) is 51.2 Å². The van der Waals surface area contributed by atoms with Gasteiger partial charge in [0.05, 0.1) is 18.6 Å². The first-order valence-corrected chi connectivity index (χ1v) is 7.35. The average molecular weight is 336 g/mol. The molecule has 7 heteroatoms. The number of rotatable bonds is 4. The summed E-state index contributed by atoms with van der Waals surface area (Å²) in [6.07, 6.45) is -1.40. The molecule has 0 aliphatic heterocycles. The fourth-order valence-electron chi connectivity index (χ4n) is 2.47. The van der Waals surface area contributed by atoms with Crippen LogP contribution >= 0.6 is 0 Å². The Morgan fingerprint density at radius 3 is 2.50 bits per heavy atom. The van der Waals surface area contributed by atoms with Crippen molar-refractivity contribution in [3.05, 3.63) is 48.3 Å². The van der Waals surface area contributed by atoms with Gasteiger partial charge in [0.2, 0.25) is 0 Å². The van der Waals surface area contributed by atoms with Gasteiger partial charge in [-0.25, -0.2) is 0 Å². The highest BCUT2D eigenvalue weighted by atomic mass is 19.4. The van der Waals surface area contributed by atoms with Crippen molar-refractivity contribution in [1.29, 1.82) is 0 Å². The first-order chi connectivity index (χ1) is 11.4. The number of halogens is 3. The van der Waals surface area contributed by atoms with Crippen molar-refractivity contribution in [2.45, 2.75) is 18.6 Å². The number of carbonyl (C=O) groups is 1. The van der Waals surface area contributed by atoms with Crippen LogP contribution in [0.25, 0.3) is 11.1 Å². The summed E-state index contributed by atoms with van der Waals surface area (Å²) in [5, 5.41) is 2.40. The molecule has 1 N–H and O–H groups in total. The summed E-state index contributed by atoms with van der Waals surface area (Å²) in [5.41, 5.74) is 1.77. The van der Waals surface area contributed by atoms with Crippen molar-refractivity contribution in [3.63, 3.8) is 0 Å². The molecule has 24 heavy (non-hydrogen) atoms. The van der Waals surface area contributed by atoms with E-state index in [1.165, 1.54) is 6.20 Å². The molecule has 4 nitrogen and oxygen atoms in total. The minimum absolute atomic E-state index is 0.0686. The predicted molar refractivity (Wildman–Crippen MR) is 81.6 cm³/mol. The number of hydrogen-bond donors (Lipinski definition) is 1. The van der Waals surface area contributed by atoms with Crippen molar-refractivity contribution in [3.8, 4) is 16.9 Å². The Hall–Kier alpha value is -2.57. The molecule has 0 radical (unpaired) electrons. The van der Waals surface area contributed by atoms with Gasteiger partial charge in [-0.2, -0.15) is 13.2 Å². The van der Waals surface area contributed by atoms with E-state index in [1.807, 2.05) is 12.1 Å². The second-order valence-electron chi connectivity index (χ2n) is 5.65. The zero-order valence-electron chi connectivity index (χ0n) is 12.8. The van der Waals surface area contributed by atoms with Gasteiger partial charge in [-0.15, -0.1) is 0 Å². The summed E-state index contributed by atoms with van der Waals surface area (Å²) >= 11 is 0. The smallest absolute Gasteiger partial charge is 0.393 e. The summed E-state index contributed by atoms with van der Waals surface area (Å²) in [6, 6.07) is 7.95. The van der Waals surface area contributed by atoms with Crippen LogP contribution in [0.2, 0.25) is 0 Å². The van der Waals surface area contributed by atoms with Crippen molar-refractivity contribution in [2.24, 2.45) is 5.92 Å². The lowest BCUT2D eigenvalue weighted by molar-refractivity contribution is -0.148. The monoisotopic (exact) mass is 336 g/mol. The van der Waals surface area contributed by atoms with Crippen molar-refractivity contribution in [1.82, 2.24) is 10.3 Å². The molecule has 0 spiro atoms. The third kappa shape index (κ3) is 3.50. The Morgan fingerprint density at radius 2 is 1.92 bits per heavy atom. The zero-order chi connectivity index (χ0) is 17.3. The van der Waals surface area contributed by atoms with Crippen LogP contribution in [0.3, 0.4) is 0 Å². The molecule has 2 atom stereocenters. The van der Waals surface area contributed by atoms with Crippen molar-refractivity contribution in [2.75, 3.05) is 7.11 Å². The number of amides is 1. The Morgan fingerprint density at radius 1 is 1.21 bits per heavy atom. The number of carbonyl (C=O) groups excluding carboxylic acids is 1. The fourth-order valence-corrected chi connectivity index (χ4v) is 2.47. The molecular formula is C17H15F3N2O2. The highest BCUT2D eigenvalue weighted by Gasteiger charge is 2.56. The molecule has 1 aromatic carbocycles. The Balaban J connectivity index is 1.72.